The number of rotatable bonds is 6. The van der Waals surface area contributed by atoms with Gasteiger partial charge < -0.3 is 10.4 Å². The molecule has 1 heterocycles. The van der Waals surface area contributed by atoms with Gasteiger partial charge in [0, 0.05) is 10.6 Å². The van der Waals surface area contributed by atoms with Crippen LogP contribution in [0.25, 0.3) is 0 Å². The third-order valence-electron chi connectivity index (χ3n) is 3.00. The molecule has 0 fully saturated rings. The summed E-state index contributed by atoms with van der Waals surface area (Å²) in [6, 6.07) is 9.32. The minimum atomic E-state index is -1.01. The summed E-state index contributed by atoms with van der Waals surface area (Å²) in [7, 11) is 0. The molecule has 0 amide bonds. The summed E-state index contributed by atoms with van der Waals surface area (Å²) in [4.78, 5) is 12.2. The fourth-order valence-electron chi connectivity index (χ4n) is 2.04. The Labute approximate surface area is 127 Å². The Morgan fingerprint density at radius 1 is 1.45 bits per heavy atom. The van der Waals surface area contributed by atoms with Crippen molar-refractivity contribution in [1.29, 1.82) is 0 Å². The molecule has 0 radical (unpaired) electrons. The summed E-state index contributed by atoms with van der Waals surface area (Å²) in [5.74, 6) is -1.01. The Kier molecular flexibility index (Phi) is 5.04. The molecule has 20 heavy (non-hydrogen) atoms. The highest BCUT2D eigenvalue weighted by atomic mass is 35.5. The van der Waals surface area contributed by atoms with Gasteiger partial charge in [-0.1, -0.05) is 31.0 Å². The topological polar surface area (TPSA) is 49.3 Å². The molecule has 3 nitrogen and oxygen atoms in total. The Morgan fingerprint density at radius 2 is 2.25 bits per heavy atom. The van der Waals surface area contributed by atoms with Gasteiger partial charge in [-0.3, -0.25) is 0 Å². The normalized spacial score (nSPS) is 12.1. The third kappa shape index (κ3) is 3.52. The van der Waals surface area contributed by atoms with Gasteiger partial charge in [-0.05, 0) is 36.1 Å². The zero-order valence-electron chi connectivity index (χ0n) is 11.1. The van der Waals surface area contributed by atoms with Crippen LogP contribution in [-0.2, 0) is 0 Å². The maximum Gasteiger partial charge on any atom is 0.337 e. The number of halogens is 1. The molecule has 0 spiro atoms. The molecule has 0 saturated carbocycles. The summed E-state index contributed by atoms with van der Waals surface area (Å²) in [6.45, 7) is 2.14. The smallest absolute Gasteiger partial charge is 0.337 e. The molecule has 0 aliphatic rings. The number of benzene rings is 1. The average molecular weight is 310 g/mol. The average Bonchev–Trinajstić information content (AvgIpc) is 2.91. The van der Waals surface area contributed by atoms with Gasteiger partial charge in [0.15, 0.2) is 0 Å². The second-order valence-electron chi connectivity index (χ2n) is 4.50. The zero-order valence-corrected chi connectivity index (χ0v) is 12.7. The van der Waals surface area contributed by atoms with Crippen LogP contribution >= 0.6 is 22.9 Å². The predicted octanol–water partition coefficient (Wildman–Crippen LogP) is 5.05. The number of carboxylic acid groups (broad SMARTS) is 1. The minimum absolute atomic E-state index is 0.125. The molecule has 1 unspecified atom stereocenters. The number of thiophene rings is 1. The quantitative estimate of drug-likeness (QED) is 0.784. The lowest BCUT2D eigenvalue weighted by Gasteiger charge is -2.18. The fourth-order valence-corrected chi connectivity index (χ4v) is 3.12. The van der Waals surface area contributed by atoms with E-state index in [0.29, 0.717) is 0 Å². The van der Waals surface area contributed by atoms with Crippen LogP contribution in [-0.4, -0.2) is 11.1 Å². The zero-order chi connectivity index (χ0) is 14.5. The standard InChI is InChI=1S/C15H16ClNO2S/c1-2-4-13(14-5-3-8-20-14)17-10-6-7-11(15(18)19)12(16)9-10/h3,5-9,13,17H,2,4H2,1H3,(H,18,19). The highest BCUT2D eigenvalue weighted by Crippen LogP contribution is 2.29. The number of aromatic carboxylic acids is 1. The van der Waals surface area contributed by atoms with E-state index in [4.69, 9.17) is 16.7 Å². The molecular formula is C15H16ClNO2S. The predicted molar refractivity (Wildman–Crippen MR) is 84.0 cm³/mol. The van der Waals surface area contributed by atoms with Crippen molar-refractivity contribution < 1.29 is 9.90 Å². The molecule has 2 rings (SSSR count). The van der Waals surface area contributed by atoms with Crippen molar-refractivity contribution in [2.24, 2.45) is 0 Å². The molecule has 5 heteroatoms. The third-order valence-corrected chi connectivity index (χ3v) is 4.30. The van der Waals surface area contributed by atoms with E-state index in [1.54, 1.807) is 23.5 Å². The number of hydrogen-bond donors (Lipinski definition) is 2. The van der Waals surface area contributed by atoms with Crippen LogP contribution in [0, 0.1) is 0 Å². The lowest BCUT2D eigenvalue weighted by atomic mass is 10.1. The van der Waals surface area contributed by atoms with Gasteiger partial charge in [-0.2, -0.15) is 0 Å². The largest absolute Gasteiger partial charge is 0.478 e. The van der Waals surface area contributed by atoms with Gasteiger partial charge in [-0.25, -0.2) is 4.79 Å². The van der Waals surface area contributed by atoms with Crippen LogP contribution in [0.15, 0.2) is 35.7 Å². The van der Waals surface area contributed by atoms with Crippen LogP contribution in [0.2, 0.25) is 5.02 Å². The number of carboxylic acids is 1. The van der Waals surface area contributed by atoms with E-state index in [1.165, 1.54) is 10.9 Å². The highest BCUT2D eigenvalue weighted by molar-refractivity contribution is 7.10. The summed E-state index contributed by atoms with van der Waals surface area (Å²) < 4.78 is 0. The summed E-state index contributed by atoms with van der Waals surface area (Å²) in [5, 5.41) is 14.7. The molecule has 0 aliphatic heterocycles. The molecule has 1 aromatic carbocycles. The van der Waals surface area contributed by atoms with Gasteiger partial charge in [0.25, 0.3) is 0 Å². The number of hydrogen-bond acceptors (Lipinski definition) is 3. The molecule has 1 atom stereocenters. The van der Waals surface area contributed by atoms with Gasteiger partial charge in [-0.15, -0.1) is 11.3 Å². The lowest BCUT2D eigenvalue weighted by molar-refractivity contribution is 0.0697. The van der Waals surface area contributed by atoms with Gasteiger partial charge in [0.2, 0.25) is 0 Å². The second-order valence-corrected chi connectivity index (χ2v) is 5.89. The summed E-state index contributed by atoms with van der Waals surface area (Å²) in [5.41, 5.74) is 0.965. The first-order chi connectivity index (χ1) is 9.61. The first kappa shape index (κ1) is 14.9. The van der Waals surface area contributed by atoms with Crippen LogP contribution in [0.1, 0.15) is 41.0 Å². The van der Waals surface area contributed by atoms with Gasteiger partial charge in [0.1, 0.15) is 0 Å². The van der Waals surface area contributed by atoms with Gasteiger partial charge >= 0.3 is 5.97 Å². The number of nitrogens with one attached hydrogen (secondary N) is 1. The Balaban J connectivity index is 2.19. The van der Waals surface area contributed by atoms with E-state index in [1.807, 2.05) is 6.07 Å². The van der Waals surface area contributed by atoms with E-state index in [2.05, 4.69) is 23.7 Å². The van der Waals surface area contributed by atoms with Crippen LogP contribution in [0.4, 0.5) is 5.69 Å². The summed E-state index contributed by atoms with van der Waals surface area (Å²) >= 11 is 7.70. The molecule has 2 N–H and O–H groups in total. The Bertz CT molecular complexity index is 584. The molecular weight excluding hydrogens is 294 g/mol. The van der Waals surface area contributed by atoms with Crippen molar-refractivity contribution >= 4 is 34.6 Å². The molecule has 1 aromatic heterocycles. The number of carbonyl (C=O) groups is 1. The maximum atomic E-state index is 10.9. The lowest BCUT2D eigenvalue weighted by Crippen LogP contribution is -2.09. The SMILES string of the molecule is CCCC(Nc1ccc(C(=O)O)c(Cl)c1)c1cccs1. The maximum absolute atomic E-state index is 10.9. The highest BCUT2D eigenvalue weighted by Gasteiger charge is 2.13. The van der Waals surface area contributed by atoms with Crippen molar-refractivity contribution in [3.63, 3.8) is 0 Å². The van der Waals surface area contributed by atoms with E-state index in [9.17, 15) is 4.79 Å². The molecule has 0 aliphatic carbocycles. The Hall–Kier alpha value is -1.52. The first-order valence-corrected chi connectivity index (χ1v) is 7.70. The molecule has 2 aromatic rings. The number of anilines is 1. The molecule has 0 bridgehead atoms. The van der Waals surface area contributed by atoms with E-state index < -0.39 is 5.97 Å². The molecule has 0 saturated heterocycles. The van der Waals surface area contributed by atoms with Crippen LogP contribution in [0.3, 0.4) is 0 Å². The van der Waals surface area contributed by atoms with Gasteiger partial charge in [0.05, 0.1) is 16.6 Å². The van der Waals surface area contributed by atoms with Crippen molar-refractivity contribution in [3.8, 4) is 0 Å². The van der Waals surface area contributed by atoms with Crippen molar-refractivity contribution in [3.05, 3.63) is 51.2 Å². The van der Waals surface area contributed by atoms with Crippen LogP contribution < -0.4 is 5.32 Å². The molecule has 106 valence electrons. The summed E-state index contributed by atoms with van der Waals surface area (Å²) in [6.07, 6.45) is 2.08. The van der Waals surface area contributed by atoms with E-state index >= 15 is 0 Å². The van der Waals surface area contributed by atoms with Crippen molar-refractivity contribution in [2.75, 3.05) is 5.32 Å². The van der Waals surface area contributed by atoms with Crippen molar-refractivity contribution in [2.45, 2.75) is 25.8 Å². The van der Waals surface area contributed by atoms with E-state index in [0.717, 1.165) is 18.5 Å². The second kappa shape index (κ2) is 6.77. The first-order valence-electron chi connectivity index (χ1n) is 6.44. The van der Waals surface area contributed by atoms with E-state index in [-0.39, 0.29) is 16.6 Å². The van der Waals surface area contributed by atoms with Crippen molar-refractivity contribution in [1.82, 2.24) is 0 Å². The van der Waals surface area contributed by atoms with Crippen LogP contribution in [0.5, 0.6) is 0 Å². The monoisotopic (exact) mass is 309 g/mol. The fraction of sp³-hybridized carbons (Fsp3) is 0.267. The minimum Gasteiger partial charge on any atom is -0.478 e. The Morgan fingerprint density at radius 3 is 2.80 bits per heavy atom.